The van der Waals surface area contributed by atoms with Crippen molar-refractivity contribution < 1.29 is 14.4 Å². The average molecular weight is 358 g/mol. The van der Waals surface area contributed by atoms with Crippen LogP contribution < -0.4 is 5.32 Å². The minimum atomic E-state index is 0.00201. The number of benzene rings is 1. The van der Waals surface area contributed by atoms with E-state index in [4.69, 9.17) is 0 Å². The number of hydrogen-bond donors (Lipinski definition) is 1. The lowest BCUT2D eigenvalue weighted by Crippen LogP contribution is -2.43. The van der Waals surface area contributed by atoms with Crippen molar-refractivity contribution >= 4 is 17.6 Å². The summed E-state index contributed by atoms with van der Waals surface area (Å²) in [4.78, 5) is 38.6. The lowest BCUT2D eigenvalue weighted by Gasteiger charge is -2.31. The third kappa shape index (κ3) is 5.41. The van der Waals surface area contributed by atoms with E-state index in [1.54, 1.807) is 4.90 Å². The van der Waals surface area contributed by atoms with Gasteiger partial charge in [-0.2, -0.15) is 0 Å². The molecule has 1 fully saturated rings. The highest BCUT2D eigenvalue weighted by molar-refractivity contribution is 5.99. The van der Waals surface area contributed by atoms with Crippen molar-refractivity contribution in [1.82, 2.24) is 10.2 Å². The van der Waals surface area contributed by atoms with Crippen LogP contribution in [0.3, 0.4) is 0 Å². The molecule has 0 aromatic heterocycles. The molecule has 0 atom stereocenters. The maximum atomic E-state index is 12.4. The number of likely N-dealkylation sites (tertiary alicyclic amines) is 1. The molecule has 1 saturated heterocycles. The van der Waals surface area contributed by atoms with Gasteiger partial charge in [0.15, 0.2) is 5.78 Å². The highest BCUT2D eigenvalue weighted by Crippen LogP contribution is 2.19. The van der Waals surface area contributed by atoms with Crippen molar-refractivity contribution in [2.75, 3.05) is 19.6 Å². The number of carbonyl (C=O) groups is 3. The van der Waals surface area contributed by atoms with E-state index in [-0.39, 0.29) is 36.4 Å². The molecule has 0 unspecified atom stereocenters. The molecule has 0 radical (unpaired) electrons. The monoisotopic (exact) mass is 358 g/mol. The van der Waals surface area contributed by atoms with Crippen molar-refractivity contribution in [3.8, 4) is 0 Å². The van der Waals surface area contributed by atoms with E-state index in [1.807, 2.05) is 39.0 Å². The lowest BCUT2D eigenvalue weighted by molar-refractivity contribution is -0.135. The molecule has 2 amide bonds. The fraction of sp³-hybridized carbons (Fsp3) is 0.571. The Bertz CT molecular complexity index is 661. The molecular weight excluding hydrogens is 328 g/mol. The summed E-state index contributed by atoms with van der Waals surface area (Å²) in [7, 11) is 0. The first-order chi connectivity index (χ1) is 12.4. The van der Waals surface area contributed by atoms with E-state index in [0.717, 1.165) is 17.5 Å². The second kappa shape index (κ2) is 9.51. The molecule has 5 heteroatoms. The Morgan fingerprint density at radius 1 is 1.12 bits per heavy atom. The van der Waals surface area contributed by atoms with Gasteiger partial charge in [0.25, 0.3) is 0 Å². The molecule has 1 heterocycles. The molecule has 5 nitrogen and oxygen atoms in total. The predicted octanol–water partition coefficient (Wildman–Crippen LogP) is 3.03. The quantitative estimate of drug-likeness (QED) is 0.762. The van der Waals surface area contributed by atoms with Gasteiger partial charge in [-0.25, -0.2) is 0 Å². The van der Waals surface area contributed by atoms with Crippen LogP contribution in [0.5, 0.6) is 0 Å². The number of amides is 2. The van der Waals surface area contributed by atoms with Crippen LogP contribution in [0.2, 0.25) is 0 Å². The first-order valence-corrected chi connectivity index (χ1v) is 9.58. The Morgan fingerprint density at radius 2 is 1.81 bits per heavy atom. The van der Waals surface area contributed by atoms with Gasteiger partial charge < -0.3 is 10.2 Å². The Balaban J connectivity index is 1.79. The molecule has 1 aromatic rings. The fourth-order valence-electron chi connectivity index (χ4n) is 3.33. The summed E-state index contributed by atoms with van der Waals surface area (Å²) in [6.07, 6.45) is 2.80. The van der Waals surface area contributed by atoms with E-state index in [1.165, 1.54) is 0 Å². The average Bonchev–Trinajstić information content (AvgIpc) is 2.65. The third-order valence-corrected chi connectivity index (χ3v) is 5.03. The minimum absolute atomic E-state index is 0.00201. The maximum Gasteiger partial charge on any atom is 0.223 e. The van der Waals surface area contributed by atoms with Gasteiger partial charge >= 0.3 is 0 Å². The molecule has 0 aliphatic carbocycles. The molecule has 1 aliphatic heterocycles. The SMILES string of the molecule is CCCNC(=O)C1CCN(C(=O)CCC(=O)c2cc(C)ccc2C)CC1. The van der Waals surface area contributed by atoms with E-state index in [0.29, 0.717) is 38.0 Å². The summed E-state index contributed by atoms with van der Waals surface area (Å²) in [5.41, 5.74) is 2.71. The zero-order valence-corrected chi connectivity index (χ0v) is 16.1. The van der Waals surface area contributed by atoms with E-state index in [9.17, 15) is 14.4 Å². The highest BCUT2D eigenvalue weighted by atomic mass is 16.2. The molecule has 26 heavy (non-hydrogen) atoms. The van der Waals surface area contributed by atoms with Crippen LogP contribution in [0.1, 0.15) is 60.5 Å². The number of nitrogens with one attached hydrogen (secondary N) is 1. The summed E-state index contributed by atoms with van der Waals surface area (Å²) in [5.74, 6) is 0.135. The molecule has 1 aromatic carbocycles. The summed E-state index contributed by atoms with van der Waals surface area (Å²) >= 11 is 0. The first kappa shape index (κ1) is 20.1. The summed E-state index contributed by atoms with van der Waals surface area (Å²) < 4.78 is 0. The molecule has 2 rings (SSSR count). The first-order valence-electron chi connectivity index (χ1n) is 9.58. The normalized spacial score (nSPS) is 15.0. The van der Waals surface area contributed by atoms with Gasteiger partial charge in [0.05, 0.1) is 0 Å². The van der Waals surface area contributed by atoms with Crippen LogP contribution in [0.4, 0.5) is 0 Å². The van der Waals surface area contributed by atoms with Gasteiger partial charge in [0.2, 0.25) is 11.8 Å². The lowest BCUT2D eigenvalue weighted by atomic mass is 9.95. The van der Waals surface area contributed by atoms with E-state index < -0.39 is 0 Å². The van der Waals surface area contributed by atoms with Crippen molar-refractivity contribution in [2.24, 2.45) is 5.92 Å². The number of aryl methyl sites for hydroxylation is 2. The molecule has 0 bridgehead atoms. The number of Topliss-reactive ketones (excluding diaryl/α,β-unsaturated/α-hetero) is 1. The molecule has 0 spiro atoms. The maximum absolute atomic E-state index is 12.4. The van der Waals surface area contributed by atoms with Crippen LogP contribution in [-0.2, 0) is 9.59 Å². The van der Waals surface area contributed by atoms with Gasteiger partial charge in [0, 0.05) is 44.0 Å². The molecule has 1 aliphatic rings. The van der Waals surface area contributed by atoms with Crippen molar-refractivity contribution in [3.05, 3.63) is 34.9 Å². The molecule has 1 N–H and O–H groups in total. The zero-order valence-electron chi connectivity index (χ0n) is 16.1. The summed E-state index contributed by atoms with van der Waals surface area (Å²) in [6, 6.07) is 5.82. The second-order valence-electron chi connectivity index (χ2n) is 7.19. The molecular formula is C21H30N2O3. The Labute approximate surface area is 156 Å². The highest BCUT2D eigenvalue weighted by Gasteiger charge is 2.27. The summed E-state index contributed by atoms with van der Waals surface area (Å²) in [6.45, 7) is 7.81. The Kier molecular flexibility index (Phi) is 7.37. The van der Waals surface area contributed by atoms with E-state index in [2.05, 4.69) is 5.32 Å². The van der Waals surface area contributed by atoms with Crippen molar-refractivity contribution in [1.29, 1.82) is 0 Å². The smallest absolute Gasteiger partial charge is 0.223 e. The van der Waals surface area contributed by atoms with Crippen LogP contribution in [0, 0.1) is 19.8 Å². The van der Waals surface area contributed by atoms with Gasteiger partial charge in [-0.1, -0.05) is 24.6 Å². The van der Waals surface area contributed by atoms with Crippen LogP contribution in [0.15, 0.2) is 18.2 Å². The number of ketones is 1. The third-order valence-electron chi connectivity index (χ3n) is 5.03. The zero-order chi connectivity index (χ0) is 19.1. The van der Waals surface area contributed by atoms with E-state index >= 15 is 0 Å². The number of nitrogens with zero attached hydrogens (tertiary/aromatic N) is 1. The topological polar surface area (TPSA) is 66.5 Å². The number of hydrogen-bond acceptors (Lipinski definition) is 3. The second-order valence-corrected chi connectivity index (χ2v) is 7.19. The van der Waals surface area contributed by atoms with Crippen molar-refractivity contribution in [2.45, 2.75) is 52.9 Å². The minimum Gasteiger partial charge on any atom is -0.356 e. The number of piperidine rings is 1. The standard InChI is InChI=1S/C21H30N2O3/c1-4-11-22-21(26)17-9-12-23(13-10-17)20(25)8-7-19(24)18-14-15(2)5-6-16(18)3/h5-6,14,17H,4,7-13H2,1-3H3,(H,22,26). The van der Waals surface area contributed by atoms with Crippen LogP contribution in [-0.4, -0.2) is 42.1 Å². The van der Waals surface area contributed by atoms with Gasteiger partial charge in [0.1, 0.15) is 0 Å². The van der Waals surface area contributed by atoms with Crippen molar-refractivity contribution in [3.63, 3.8) is 0 Å². The predicted molar refractivity (Wildman–Crippen MR) is 102 cm³/mol. The van der Waals surface area contributed by atoms with Gasteiger partial charge in [-0.05, 0) is 44.7 Å². The summed E-state index contributed by atoms with van der Waals surface area (Å²) in [5, 5.41) is 2.93. The largest absolute Gasteiger partial charge is 0.356 e. The fourth-order valence-corrected chi connectivity index (χ4v) is 3.33. The Hall–Kier alpha value is -2.17. The number of rotatable bonds is 7. The molecule has 142 valence electrons. The van der Waals surface area contributed by atoms with Crippen LogP contribution >= 0.6 is 0 Å². The Morgan fingerprint density at radius 3 is 2.46 bits per heavy atom. The molecule has 0 saturated carbocycles. The van der Waals surface area contributed by atoms with Gasteiger partial charge in [-0.15, -0.1) is 0 Å². The van der Waals surface area contributed by atoms with Gasteiger partial charge in [-0.3, -0.25) is 14.4 Å². The van der Waals surface area contributed by atoms with Crippen LogP contribution in [0.25, 0.3) is 0 Å². The number of carbonyl (C=O) groups excluding carboxylic acids is 3.